The van der Waals surface area contributed by atoms with Gasteiger partial charge in [0, 0.05) is 12.4 Å². The molecule has 0 aliphatic rings. The molecule has 1 unspecified atom stereocenters. The number of halogens is 1. The zero-order valence-corrected chi connectivity index (χ0v) is 10.6. The van der Waals surface area contributed by atoms with Crippen LogP contribution in [0.15, 0.2) is 36.7 Å². The minimum absolute atomic E-state index is 0.496. The van der Waals surface area contributed by atoms with Crippen molar-refractivity contribution in [3.63, 3.8) is 0 Å². The van der Waals surface area contributed by atoms with Gasteiger partial charge < -0.3 is 5.11 Å². The number of aromatic nitrogens is 2. The summed E-state index contributed by atoms with van der Waals surface area (Å²) >= 11 is 6.17. The molecule has 0 aliphatic carbocycles. The summed E-state index contributed by atoms with van der Waals surface area (Å²) in [7, 11) is 0. The topological polar surface area (TPSA) is 55.1 Å². The van der Waals surface area contributed by atoms with Crippen LogP contribution in [0, 0.1) is 0 Å². The van der Waals surface area contributed by atoms with E-state index in [4.69, 9.17) is 16.7 Å². The summed E-state index contributed by atoms with van der Waals surface area (Å²) < 4.78 is 1.65. The molecule has 0 bridgehead atoms. The number of rotatable bonds is 4. The molecule has 94 valence electrons. The van der Waals surface area contributed by atoms with Crippen LogP contribution < -0.4 is 0 Å². The molecule has 0 fully saturated rings. The number of hydrogen-bond donors (Lipinski definition) is 1. The molecule has 1 aromatic carbocycles. The van der Waals surface area contributed by atoms with Crippen molar-refractivity contribution >= 4 is 17.6 Å². The second-order valence-corrected chi connectivity index (χ2v) is 4.37. The van der Waals surface area contributed by atoms with E-state index in [-0.39, 0.29) is 0 Å². The van der Waals surface area contributed by atoms with E-state index < -0.39 is 11.9 Å². The van der Waals surface area contributed by atoms with Crippen LogP contribution in [0.4, 0.5) is 0 Å². The molecule has 2 aromatic rings. The second kappa shape index (κ2) is 5.23. The Morgan fingerprint density at radius 2 is 2.33 bits per heavy atom. The van der Waals surface area contributed by atoms with Gasteiger partial charge in [-0.15, -0.1) is 0 Å². The Bertz CT molecular complexity index is 552. The first kappa shape index (κ1) is 12.6. The monoisotopic (exact) mass is 264 g/mol. The molecule has 0 aliphatic heterocycles. The quantitative estimate of drug-likeness (QED) is 0.923. The summed E-state index contributed by atoms with van der Waals surface area (Å²) in [6.45, 7) is 1.84. The van der Waals surface area contributed by atoms with E-state index in [2.05, 4.69) is 5.10 Å². The molecule has 0 amide bonds. The van der Waals surface area contributed by atoms with Crippen LogP contribution in [0.25, 0.3) is 5.69 Å². The molecular formula is C13H13ClN2O2. The molecule has 1 heterocycles. The molecule has 18 heavy (non-hydrogen) atoms. The highest BCUT2D eigenvalue weighted by molar-refractivity contribution is 6.32. The normalized spacial score (nSPS) is 12.3. The zero-order valence-electron chi connectivity index (χ0n) is 9.88. The van der Waals surface area contributed by atoms with Crippen LogP contribution >= 0.6 is 11.6 Å². The molecule has 2 rings (SSSR count). The lowest BCUT2D eigenvalue weighted by molar-refractivity contribution is -0.138. The predicted octanol–water partition coefficient (Wildman–Crippen LogP) is 3.10. The van der Waals surface area contributed by atoms with E-state index in [1.54, 1.807) is 41.3 Å². The van der Waals surface area contributed by atoms with Crippen LogP contribution in [0.1, 0.15) is 24.8 Å². The molecule has 0 saturated carbocycles. The molecule has 1 atom stereocenters. The van der Waals surface area contributed by atoms with E-state index in [0.29, 0.717) is 17.0 Å². The van der Waals surface area contributed by atoms with Crippen LogP contribution in [-0.2, 0) is 4.79 Å². The van der Waals surface area contributed by atoms with Crippen molar-refractivity contribution < 1.29 is 9.90 Å². The van der Waals surface area contributed by atoms with Crippen molar-refractivity contribution in [2.45, 2.75) is 19.3 Å². The third-order valence-electron chi connectivity index (χ3n) is 2.83. The summed E-state index contributed by atoms with van der Waals surface area (Å²) in [5, 5.41) is 13.7. The van der Waals surface area contributed by atoms with Crippen molar-refractivity contribution in [3.8, 4) is 5.69 Å². The third kappa shape index (κ3) is 2.38. The first-order chi connectivity index (χ1) is 8.63. The highest BCUT2D eigenvalue weighted by Gasteiger charge is 2.18. The van der Waals surface area contributed by atoms with Crippen molar-refractivity contribution in [1.29, 1.82) is 0 Å². The SMILES string of the molecule is CCC(C(=O)O)c1ccc(-n2cccn2)c(Cl)c1. The van der Waals surface area contributed by atoms with Crippen LogP contribution in [0.5, 0.6) is 0 Å². The zero-order chi connectivity index (χ0) is 13.1. The van der Waals surface area contributed by atoms with Gasteiger partial charge in [0.25, 0.3) is 0 Å². The molecule has 0 radical (unpaired) electrons. The van der Waals surface area contributed by atoms with Gasteiger partial charge in [-0.3, -0.25) is 4.79 Å². The largest absolute Gasteiger partial charge is 0.481 e. The smallest absolute Gasteiger partial charge is 0.310 e. The van der Waals surface area contributed by atoms with Crippen LogP contribution in [0.2, 0.25) is 5.02 Å². The lowest BCUT2D eigenvalue weighted by Gasteiger charge is -2.12. The predicted molar refractivity (Wildman–Crippen MR) is 69.2 cm³/mol. The first-order valence-corrected chi connectivity index (χ1v) is 6.03. The standard InChI is InChI=1S/C13H13ClN2O2/c1-2-10(13(17)18)9-4-5-12(11(14)8-9)16-7-3-6-15-16/h3-8,10H,2H2,1H3,(H,17,18). The summed E-state index contributed by atoms with van der Waals surface area (Å²) in [5.41, 5.74) is 1.46. The number of carboxylic acid groups (broad SMARTS) is 1. The molecule has 1 aromatic heterocycles. The van der Waals surface area contributed by atoms with E-state index in [1.165, 1.54) is 0 Å². The van der Waals surface area contributed by atoms with Gasteiger partial charge in [-0.2, -0.15) is 5.10 Å². The molecule has 0 saturated heterocycles. The van der Waals surface area contributed by atoms with Gasteiger partial charge in [0.05, 0.1) is 16.6 Å². The first-order valence-electron chi connectivity index (χ1n) is 5.65. The summed E-state index contributed by atoms with van der Waals surface area (Å²) in [6, 6.07) is 7.07. The molecule has 0 spiro atoms. The maximum atomic E-state index is 11.1. The second-order valence-electron chi connectivity index (χ2n) is 3.96. The van der Waals surface area contributed by atoms with E-state index >= 15 is 0 Å². The molecule has 5 heteroatoms. The Morgan fingerprint density at radius 1 is 1.56 bits per heavy atom. The van der Waals surface area contributed by atoms with Crippen molar-refractivity contribution in [2.75, 3.05) is 0 Å². The maximum Gasteiger partial charge on any atom is 0.310 e. The van der Waals surface area contributed by atoms with Gasteiger partial charge in [0.15, 0.2) is 0 Å². The van der Waals surface area contributed by atoms with Gasteiger partial charge in [-0.1, -0.05) is 24.6 Å². The average Bonchev–Trinajstić information content (AvgIpc) is 2.83. The number of carboxylic acids is 1. The summed E-state index contributed by atoms with van der Waals surface area (Å²) in [4.78, 5) is 11.1. The Kier molecular flexibility index (Phi) is 3.67. The third-order valence-corrected chi connectivity index (χ3v) is 3.13. The van der Waals surface area contributed by atoms with Gasteiger partial charge in [-0.05, 0) is 30.2 Å². The highest BCUT2D eigenvalue weighted by Crippen LogP contribution is 2.27. The molecular weight excluding hydrogens is 252 g/mol. The van der Waals surface area contributed by atoms with E-state index in [0.717, 1.165) is 5.69 Å². The lowest BCUT2D eigenvalue weighted by atomic mass is 9.96. The van der Waals surface area contributed by atoms with Crippen LogP contribution in [0.3, 0.4) is 0 Å². The van der Waals surface area contributed by atoms with Gasteiger partial charge >= 0.3 is 5.97 Å². The lowest BCUT2D eigenvalue weighted by Crippen LogP contribution is -2.10. The minimum Gasteiger partial charge on any atom is -0.481 e. The summed E-state index contributed by atoms with van der Waals surface area (Å²) in [6.07, 6.45) is 3.98. The maximum absolute atomic E-state index is 11.1. The van der Waals surface area contributed by atoms with Crippen molar-refractivity contribution in [3.05, 3.63) is 47.2 Å². The average molecular weight is 265 g/mol. The van der Waals surface area contributed by atoms with Crippen LogP contribution in [-0.4, -0.2) is 20.9 Å². The van der Waals surface area contributed by atoms with Gasteiger partial charge in [-0.25, -0.2) is 4.68 Å². The number of aliphatic carboxylic acids is 1. The number of hydrogen-bond acceptors (Lipinski definition) is 2. The fraction of sp³-hybridized carbons (Fsp3) is 0.231. The highest BCUT2D eigenvalue weighted by atomic mass is 35.5. The number of nitrogens with zero attached hydrogens (tertiary/aromatic N) is 2. The molecule has 4 nitrogen and oxygen atoms in total. The fourth-order valence-corrected chi connectivity index (χ4v) is 2.17. The van der Waals surface area contributed by atoms with Crippen molar-refractivity contribution in [1.82, 2.24) is 9.78 Å². The summed E-state index contributed by atoms with van der Waals surface area (Å²) in [5.74, 6) is -1.35. The Morgan fingerprint density at radius 3 is 2.83 bits per heavy atom. The van der Waals surface area contributed by atoms with E-state index in [9.17, 15) is 4.79 Å². The van der Waals surface area contributed by atoms with Gasteiger partial charge in [0.2, 0.25) is 0 Å². The Labute approximate surface area is 110 Å². The Hall–Kier alpha value is -1.81. The number of carbonyl (C=O) groups is 1. The Balaban J connectivity index is 2.39. The van der Waals surface area contributed by atoms with Gasteiger partial charge in [0.1, 0.15) is 0 Å². The van der Waals surface area contributed by atoms with E-state index in [1.807, 2.05) is 6.92 Å². The fourth-order valence-electron chi connectivity index (χ4n) is 1.89. The number of benzene rings is 1. The molecule has 1 N–H and O–H groups in total. The minimum atomic E-state index is -0.833. The van der Waals surface area contributed by atoms with Crippen molar-refractivity contribution in [2.24, 2.45) is 0 Å².